The highest BCUT2D eigenvalue weighted by Gasteiger charge is 2.32. The Morgan fingerprint density at radius 1 is 0.895 bits per heavy atom. The van der Waals surface area contributed by atoms with Gasteiger partial charge in [0.05, 0.1) is 0 Å². The predicted molar refractivity (Wildman–Crippen MR) is 158 cm³/mol. The van der Waals surface area contributed by atoms with E-state index in [1.807, 2.05) is 78.9 Å². The monoisotopic (exact) mass is 568 g/mol. The minimum atomic E-state index is -0.603. The number of rotatable bonds is 12. The van der Waals surface area contributed by atoms with Crippen molar-refractivity contribution in [3.05, 3.63) is 100 Å². The maximum absolute atomic E-state index is 13.7. The van der Waals surface area contributed by atoms with Crippen LogP contribution in [0.1, 0.15) is 49.7 Å². The molecule has 1 N–H and O–H groups in total. The number of hydrogen-bond donors (Lipinski definition) is 1. The van der Waals surface area contributed by atoms with E-state index in [1.54, 1.807) is 16.7 Å². The van der Waals surface area contributed by atoms with Gasteiger partial charge in [0.2, 0.25) is 11.8 Å². The van der Waals surface area contributed by atoms with E-state index in [4.69, 9.17) is 23.2 Å². The molecule has 1 aliphatic rings. The van der Waals surface area contributed by atoms with Gasteiger partial charge in [-0.1, -0.05) is 78.5 Å². The van der Waals surface area contributed by atoms with Gasteiger partial charge in [-0.25, -0.2) is 0 Å². The third kappa shape index (κ3) is 8.79. The quantitative estimate of drug-likeness (QED) is 0.181. The summed E-state index contributed by atoms with van der Waals surface area (Å²) in [6.07, 6.45) is 5.78. The standard InChI is InChI=1S/C31H34Cl2N2O2S/c32-25-15-17-28(18-16-25)38-19-7-14-30(36)35(22-24-10-6-11-26(33)20-24)29(21-23-8-2-1-3-9-23)31(37)34-27-12-4-5-13-27/h1-3,6,8-11,15-18,20,27,29H,4-5,7,12-14,19,21-22H2,(H,34,37)/t29-/m1/s1. The van der Waals surface area contributed by atoms with Gasteiger partial charge < -0.3 is 10.2 Å². The SMILES string of the molecule is O=C(NC1CCCC1)[C@@H](Cc1ccccc1)N(Cc1cccc(Cl)c1)C(=O)CCCSc1ccc(Cl)cc1. The van der Waals surface area contributed by atoms with Gasteiger partial charge in [0.25, 0.3) is 0 Å². The number of carbonyl (C=O) groups is 2. The zero-order valence-electron chi connectivity index (χ0n) is 21.5. The Morgan fingerprint density at radius 2 is 1.61 bits per heavy atom. The first-order valence-electron chi connectivity index (χ1n) is 13.2. The van der Waals surface area contributed by atoms with Crippen molar-refractivity contribution in [3.8, 4) is 0 Å². The van der Waals surface area contributed by atoms with Gasteiger partial charge in [-0.15, -0.1) is 11.8 Å². The Bertz CT molecular complexity index is 1180. The van der Waals surface area contributed by atoms with Crippen molar-refractivity contribution in [1.82, 2.24) is 10.2 Å². The Hall–Kier alpha value is -2.47. The van der Waals surface area contributed by atoms with Crippen LogP contribution >= 0.6 is 35.0 Å². The van der Waals surface area contributed by atoms with Gasteiger partial charge in [-0.3, -0.25) is 9.59 Å². The number of amides is 2. The molecule has 2 amide bonds. The second-order valence-electron chi connectivity index (χ2n) is 9.75. The van der Waals surface area contributed by atoms with Crippen LogP contribution in [0.5, 0.6) is 0 Å². The van der Waals surface area contributed by atoms with Gasteiger partial charge in [-0.2, -0.15) is 0 Å². The summed E-state index contributed by atoms with van der Waals surface area (Å²) in [6, 6.07) is 24.8. The summed E-state index contributed by atoms with van der Waals surface area (Å²) < 4.78 is 0. The Labute approximate surface area is 240 Å². The van der Waals surface area contributed by atoms with E-state index in [2.05, 4.69) is 5.32 Å². The molecule has 3 aromatic rings. The summed E-state index contributed by atoms with van der Waals surface area (Å²) in [7, 11) is 0. The van der Waals surface area contributed by atoms with Gasteiger partial charge in [0.15, 0.2) is 0 Å². The van der Waals surface area contributed by atoms with Crippen LogP contribution in [0.4, 0.5) is 0 Å². The molecule has 0 aliphatic heterocycles. The summed E-state index contributed by atoms with van der Waals surface area (Å²) in [4.78, 5) is 30.3. The average Bonchev–Trinajstić information content (AvgIpc) is 3.43. The van der Waals surface area contributed by atoms with E-state index in [1.165, 1.54) is 0 Å². The molecule has 0 spiro atoms. The van der Waals surface area contributed by atoms with Crippen LogP contribution in [0.25, 0.3) is 0 Å². The van der Waals surface area contributed by atoms with E-state index < -0.39 is 6.04 Å². The summed E-state index contributed by atoms with van der Waals surface area (Å²) in [5.74, 6) is 0.701. The highest BCUT2D eigenvalue weighted by atomic mass is 35.5. The lowest BCUT2D eigenvalue weighted by Gasteiger charge is -2.32. The topological polar surface area (TPSA) is 49.4 Å². The fourth-order valence-electron chi connectivity index (χ4n) is 4.84. The molecule has 3 aromatic carbocycles. The van der Waals surface area contributed by atoms with Crippen LogP contribution in [0.3, 0.4) is 0 Å². The zero-order chi connectivity index (χ0) is 26.7. The van der Waals surface area contributed by atoms with Crippen molar-refractivity contribution in [2.24, 2.45) is 0 Å². The minimum absolute atomic E-state index is 0.0239. The molecule has 0 saturated heterocycles. The molecule has 1 fully saturated rings. The van der Waals surface area contributed by atoms with Crippen molar-refractivity contribution < 1.29 is 9.59 Å². The summed E-state index contributed by atoms with van der Waals surface area (Å²) in [5, 5.41) is 4.58. The number of nitrogens with one attached hydrogen (secondary N) is 1. The summed E-state index contributed by atoms with van der Waals surface area (Å²) in [5.41, 5.74) is 1.94. The van der Waals surface area contributed by atoms with E-state index in [0.717, 1.165) is 47.5 Å². The molecule has 1 atom stereocenters. The lowest BCUT2D eigenvalue weighted by atomic mass is 10.0. The molecule has 4 nitrogen and oxygen atoms in total. The summed E-state index contributed by atoms with van der Waals surface area (Å²) in [6.45, 7) is 0.333. The molecule has 4 rings (SSSR count). The maximum Gasteiger partial charge on any atom is 0.243 e. The first kappa shape index (κ1) is 28.5. The van der Waals surface area contributed by atoms with Crippen molar-refractivity contribution in [2.75, 3.05) is 5.75 Å². The fraction of sp³-hybridized carbons (Fsp3) is 0.355. The first-order chi connectivity index (χ1) is 18.5. The molecule has 0 radical (unpaired) electrons. The Morgan fingerprint density at radius 3 is 2.32 bits per heavy atom. The molecule has 0 unspecified atom stereocenters. The smallest absolute Gasteiger partial charge is 0.243 e. The largest absolute Gasteiger partial charge is 0.352 e. The van der Waals surface area contributed by atoms with E-state index in [9.17, 15) is 9.59 Å². The highest BCUT2D eigenvalue weighted by molar-refractivity contribution is 7.99. The van der Waals surface area contributed by atoms with Crippen molar-refractivity contribution >= 4 is 46.8 Å². The summed E-state index contributed by atoms with van der Waals surface area (Å²) >= 11 is 14.0. The van der Waals surface area contributed by atoms with E-state index >= 15 is 0 Å². The predicted octanol–water partition coefficient (Wildman–Crippen LogP) is 7.56. The molecule has 200 valence electrons. The average molecular weight is 570 g/mol. The van der Waals surface area contributed by atoms with Crippen LogP contribution < -0.4 is 5.32 Å². The third-order valence-electron chi connectivity index (χ3n) is 6.83. The molecular weight excluding hydrogens is 535 g/mol. The molecule has 0 heterocycles. The first-order valence-corrected chi connectivity index (χ1v) is 15.0. The maximum atomic E-state index is 13.7. The van der Waals surface area contributed by atoms with Crippen molar-refractivity contribution in [1.29, 1.82) is 0 Å². The Kier molecular flexibility index (Phi) is 11.0. The lowest BCUT2D eigenvalue weighted by Crippen LogP contribution is -2.52. The van der Waals surface area contributed by atoms with Crippen molar-refractivity contribution in [2.45, 2.75) is 68.5 Å². The van der Waals surface area contributed by atoms with Gasteiger partial charge in [0, 0.05) is 40.4 Å². The van der Waals surface area contributed by atoms with E-state index in [-0.39, 0.29) is 17.9 Å². The number of thioether (sulfide) groups is 1. The van der Waals surface area contributed by atoms with Crippen LogP contribution in [0.2, 0.25) is 10.0 Å². The van der Waals surface area contributed by atoms with Crippen LogP contribution in [0, 0.1) is 0 Å². The number of hydrogen-bond acceptors (Lipinski definition) is 3. The zero-order valence-corrected chi connectivity index (χ0v) is 23.8. The molecular formula is C31H34Cl2N2O2S. The number of nitrogens with zero attached hydrogens (tertiary/aromatic N) is 1. The molecule has 0 aromatic heterocycles. The number of benzene rings is 3. The molecule has 1 aliphatic carbocycles. The second kappa shape index (κ2) is 14.6. The van der Waals surface area contributed by atoms with Gasteiger partial charge in [-0.05, 0) is 72.5 Å². The normalized spacial score (nSPS) is 14.3. The highest BCUT2D eigenvalue weighted by Crippen LogP contribution is 2.24. The molecule has 7 heteroatoms. The fourth-order valence-corrected chi connectivity index (χ4v) is 6.03. The second-order valence-corrected chi connectivity index (χ2v) is 11.8. The molecule has 0 bridgehead atoms. The number of halogens is 2. The van der Waals surface area contributed by atoms with Crippen LogP contribution in [-0.2, 0) is 22.6 Å². The van der Waals surface area contributed by atoms with Crippen LogP contribution in [-0.4, -0.2) is 34.6 Å². The molecule has 38 heavy (non-hydrogen) atoms. The van der Waals surface area contributed by atoms with Gasteiger partial charge >= 0.3 is 0 Å². The number of carbonyl (C=O) groups excluding carboxylic acids is 2. The van der Waals surface area contributed by atoms with Crippen molar-refractivity contribution in [3.63, 3.8) is 0 Å². The Balaban J connectivity index is 1.51. The van der Waals surface area contributed by atoms with Gasteiger partial charge in [0.1, 0.15) is 6.04 Å². The minimum Gasteiger partial charge on any atom is -0.352 e. The lowest BCUT2D eigenvalue weighted by molar-refractivity contribution is -0.141. The van der Waals surface area contributed by atoms with E-state index in [0.29, 0.717) is 35.9 Å². The van der Waals surface area contributed by atoms with Crippen LogP contribution in [0.15, 0.2) is 83.8 Å². The third-order valence-corrected chi connectivity index (χ3v) is 8.42. The molecule has 1 saturated carbocycles.